The van der Waals surface area contributed by atoms with Crippen molar-refractivity contribution in [2.45, 2.75) is 44.6 Å². The monoisotopic (exact) mass is 253 g/mol. The van der Waals surface area contributed by atoms with E-state index in [4.69, 9.17) is 0 Å². The standard InChI is InChI=1S/C12H19N3OS/c16-12(15-10-4-2-1-3-5-10)14-7-6-11-8-13-9-17-11/h8-10H,1-7H2,(H2,14,15,16). The first-order valence-electron chi connectivity index (χ1n) is 6.26. The van der Waals surface area contributed by atoms with Crippen molar-refractivity contribution >= 4 is 17.4 Å². The van der Waals surface area contributed by atoms with Gasteiger partial charge in [-0.1, -0.05) is 19.3 Å². The maximum atomic E-state index is 11.6. The van der Waals surface area contributed by atoms with E-state index in [2.05, 4.69) is 15.6 Å². The molecule has 0 aromatic carbocycles. The fraction of sp³-hybridized carbons (Fsp3) is 0.667. The Hall–Kier alpha value is -1.10. The number of amides is 2. The maximum Gasteiger partial charge on any atom is 0.315 e. The highest BCUT2D eigenvalue weighted by Crippen LogP contribution is 2.17. The molecule has 0 radical (unpaired) electrons. The van der Waals surface area contributed by atoms with E-state index in [0.717, 1.165) is 19.3 Å². The van der Waals surface area contributed by atoms with E-state index in [-0.39, 0.29) is 6.03 Å². The predicted molar refractivity (Wildman–Crippen MR) is 69.2 cm³/mol. The second kappa shape index (κ2) is 6.59. The zero-order valence-corrected chi connectivity index (χ0v) is 10.8. The molecule has 2 amide bonds. The second-order valence-electron chi connectivity index (χ2n) is 4.45. The Kier molecular flexibility index (Phi) is 4.79. The normalized spacial score (nSPS) is 16.7. The van der Waals surface area contributed by atoms with Crippen LogP contribution in [0.25, 0.3) is 0 Å². The van der Waals surface area contributed by atoms with Crippen molar-refractivity contribution in [2.24, 2.45) is 0 Å². The van der Waals surface area contributed by atoms with Crippen molar-refractivity contribution in [3.8, 4) is 0 Å². The van der Waals surface area contributed by atoms with Gasteiger partial charge in [-0.05, 0) is 12.8 Å². The molecule has 1 heterocycles. The molecule has 0 spiro atoms. The largest absolute Gasteiger partial charge is 0.338 e. The Morgan fingerprint density at radius 1 is 1.41 bits per heavy atom. The van der Waals surface area contributed by atoms with Crippen LogP contribution in [0.3, 0.4) is 0 Å². The SMILES string of the molecule is O=C(NCCc1cncs1)NC1CCCCC1. The zero-order chi connectivity index (χ0) is 11.9. The van der Waals surface area contributed by atoms with Gasteiger partial charge in [0.25, 0.3) is 0 Å². The van der Waals surface area contributed by atoms with Gasteiger partial charge in [0.05, 0.1) is 5.51 Å². The lowest BCUT2D eigenvalue weighted by atomic mass is 9.96. The minimum atomic E-state index is -0.0265. The molecule has 0 aliphatic heterocycles. The Balaban J connectivity index is 1.60. The summed E-state index contributed by atoms with van der Waals surface area (Å²) in [5.41, 5.74) is 1.82. The van der Waals surface area contributed by atoms with E-state index in [1.54, 1.807) is 11.3 Å². The molecule has 2 N–H and O–H groups in total. The van der Waals surface area contributed by atoms with Crippen LogP contribution < -0.4 is 10.6 Å². The molecule has 0 atom stereocenters. The molecule has 5 heteroatoms. The molecular formula is C12H19N3OS. The van der Waals surface area contributed by atoms with Crippen molar-refractivity contribution < 1.29 is 4.79 Å². The summed E-state index contributed by atoms with van der Waals surface area (Å²) in [6.07, 6.45) is 8.77. The van der Waals surface area contributed by atoms with Gasteiger partial charge in [-0.25, -0.2) is 4.79 Å². The van der Waals surface area contributed by atoms with Crippen LogP contribution in [0.4, 0.5) is 4.79 Å². The van der Waals surface area contributed by atoms with Gasteiger partial charge in [-0.3, -0.25) is 4.98 Å². The minimum absolute atomic E-state index is 0.0265. The number of thiazole rings is 1. The number of nitrogens with one attached hydrogen (secondary N) is 2. The molecule has 1 aromatic heterocycles. The first-order chi connectivity index (χ1) is 8.34. The number of hydrogen-bond donors (Lipinski definition) is 2. The van der Waals surface area contributed by atoms with Crippen LogP contribution in [0, 0.1) is 0 Å². The molecule has 1 aliphatic rings. The topological polar surface area (TPSA) is 54.0 Å². The van der Waals surface area contributed by atoms with Crippen molar-refractivity contribution in [1.82, 2.24) is 15.6 Å². The van der Waals surface area contributed by atoms with Gasteiger partial charge in [0.2, 0.25) is 0 Å². The molecule has 0 unspecified atom stereocenters. The third-order valence-corrected chi connectivity index (χ3v) is 3.92. The molecule has 0 saturated heterocycles. The molecule has 94 valence electrons. The van der Waals surface area contributed by atoms with Gasteiger partial charge < -0.3 is 10.6 Å². The van der Waals surface area contributed by atoms with Gasteiger partial charge in [0.15, 0.2) is 0 Å². The summed E-state index contributed by atoms with van der Waals surface area (Å²) >= 11 is 1.63. The summed E-state index contributed by atoms with van der Waals surface area (Å²) in [5.74, 6) is 0. The smallest absolute Gasteiger partial charge is 0.315 e. The maximum absolute atomic E-state index is 11.6. The third-order valence-electron chi connectivity index (χ3n) is 3.08. The van der Waals surface area contributed by atoms with Crippen LogP contribution in [-0.4, -0.2) is 23.6 Å². The number of carbonyl (C=O) groups is 1. The Bertz CT molecular complexity index is 334. The number of carbonyl (C=O) groups excluding carboxylic acids is 1. The lowest BCUT2D eigenvalue weighted by molar-refractivity contribution is 0.233. The average molecular weight is 253 g/mol. The number of aromatic nitrogens is 1. The second-order valence-corrected chi connectivity index (χ2v) is 5.42. The van der Waals surface area contributed by atoms with Crippen molar-refractivity contribution in [1.29, 1.82) is 0 Å². The Morgan fingerprint density at radius 3 is 2.94 bits per heavy atom. The minimum Gasteiger partial charge on any atom is -0.338 e. The highest BCUT2D eigenvalue weighted by Gasteiger charge is 2.14. The first kappa shape index (κ1) is 12.4. The van der Waals surface area contributed by atoms with Crippen LogP contribution in [0.15, 0.2) is 11.7 Å². The van der Waals surface area contributed by atoms with Crippen molar-refractivity contribution in [3.05, 3.63) is 16.6 Å². The molecule has 1 saturated carbocycles. The average Bonchev–Trinajstić information content (AvgIpc) is 2.83. The fourth-order valence-electron chi connectivity index (χ4n) is 2.15. The Morgan fingerprint density at radius 2 is 2.24 bits per heavy atom. The molecule has 2 rings (SSSR count). The highest BCUT2D eigenvalue weighted by atomic mass is 32.1. The number of hydrogen-bond acceptors (Lipinski definition) is 3. The molecule has 17 heavy (non-hydrogen) atoms. The number of urea groups is 1. The van der Waals surface area contributed by atoms with Crippen LogP contribution in [-0.2, 0) is 6.42 Å². The molecular weight excluding hydrogens is 234 g/mol. The molecule has 4 nitrogen and oxygen atoms in total. The van der Waals surface area contributed by atoms with E-state index in [9.17, 15) is 4.79 Å². The summed E-state index contributed by atoms with van der Waals surface area (Å²) in [7, 11) is 0. The van der Waals surface area contributed by atoms with Crippen molar-refractivity contribution in [2.75, 3.05) is 6.54 Å². The van der Waals surface area contributed by atoms with Gasteiger partial charge in [-0.2, -0.15) is 0 Å². The van der Waals surface area contributed by atoms with Gasteiger partial charge in [0.1, 0.15) is 0 Å². The number of nitrogens with zero attached hydrogens (tertiary/aromatic N) is 1. The van der Waals surface area contributed by atoms with Crippen molar-refractivity contribution in [3.63, 3.8) is 0 Å². The summed E-state index contributed by atoms with van der Waals surface area (Å²) in [6, 6.07) is 0.355. The molecule has 0 bridgehead atoms. The molecule has 1 aromatic rings. The highest BCUT2D eigenvalue weighted by molar-refractivity contribution is 7.09. The lowest BCUT2D eigenvalue weighted by Crippen LogP contribution is -2.43. The van der Waals surface area contributed by atoms with Crippen LogP contribution >= 0.6 is 11.3 Å². The van der Waals surface area contributed by atoms with E-state index in [1.807, 2.05) is 11.7 Å². The summed E-state index contributed by atoms with van der Waals surface area (Å²) in [4.78, 5) is 16.8. The Labute approximate surface area is 106 Å². The van der Waals surface area contributed by atoms with Crippen LogP contribution in [0.2, 0.25) is 0 Å². The van der Waals surface area contributed by atoms with Gasteiger partial charge >= 0.3 is 6.03 Å². The summed E-state index contributed by atoms with van der Waals surface area (Å²) < 4.78 is 0. The van der Waals surface area contributed by atoms with E-state index in [1.165, 1.54) is 24.1 Å². The number of rotatable bonds is 4. The van der Waals surface area contributed by atoms with E-state index >= 15 is 0 Å². The van der Waals surface area contributed by atoms with Crippen LogP contribution in [0.5, 0.6) is 0 Å². The van der Waals surface area contributed by atoms with E-state index in [0.29, 0.717) is 12.6 Å². The third kappa shape index (κ3) is 4.34. The molecule has 1 fully saturated rings. The first-order valence-corrected chi connectivity index (χ1v) is 7.14. The zero-order valence-electron chi connectivity index (χ0n) is 9.95. The van der Waals surface area contributed by atoms with Gasteiger partial charge in [-0.15, -0.1) is 11.3 Å². The predicted octanol–water partition coefficient (Wildman–Crippen LogP) is 2.32. The lowest BCUT2D eigenvalue weighted by Gasteiger charge is -2.22. The summed E-state index contributed by atoms with van der Waals surface area (Å²) in [5, 5.41) is 5.93. The van der Waals surface area contributed by atoms with E-state index < -0.39 is 0 Å². The van der Waals surface area contributed by atoms with Gasteiger partial charge in [0, 0.05) is 30.1 Å². The summed E-state index contributed by atoms with van der Waals surface area (Å²) in [6.45, 7) is 0.681. The van der Waals surface area contributed by atoms with Crippen LogP contribution in [0.1, 0.15) is 37.0 Å². The molecule has 1 aliphatic carbocycles. The fourth-order valence-corrected chi connectivity index (χ4v) is 2.75. The quantitative estimate of drug-likeness (QED) is 0.865.